The molecule has 144 valence electrons. The zero-order valence-corrected chi connectivity index (χ0v) is 15.0. The third-order valence-electron chi connectivity index (χ3n) is 4.43. The third-order valence-corrected chi connectivity index (χ3v) is 4.43. The standard InChI is InChI=1S/C19H12F2N6O2/c1-3-7-25-11(2)17(18(28)26(19(25)29)12-5-4-6-22-10-12)27-16-9-14(21)13(20)8-15(16)23-24-27/h1,4-6,8-10H,7H2,2H3. The molecule has 1 aromatic carbocycles. The molecule has 0 amide bonds. The molecule has 4 rings (SSSR count). The molecule has 0 saturated carbocycles. The first-order valence-electron chi connectivity index (χ1n) is 8.35. The van der Waals surface area contributed by atoms with Crippen molar-refractivity contribution >= 4 is 11.0 Å². The van der Waals surface area contributed by atoms with Crippen LogP contribution in [0, 0.1) is 30.9 Å². The van der Waals surface area contributed by atoms with Crippen molar-refractivity contribution in [3.63, 3.8) is 0 Å². The Morgan fingerprint density at radius 3 is 2.66 bits per heavy atom. The number of fused-ring (bicyclic) bond motifs is 1. The molecule has 0 atom stereocenters. The minimum absolute atomic E-state index is 0.0466. The Bertz CT molecular complexity index is 1410. The first-order valence-corrected chi connectivity index (χ1v) is 8.35. The molecule has 0 spiro atoms. The maximum atomic E-state index is 13.8. The largest absolute Gasteiger partial charge is 0.336 e. The van der Waals surface area contributed by atoms with Gasteiger partial charge in [-0.25, -0.2) is 22.8 Å². The van der Waals surface area contributed by atoms with Gasteiger partial charge in [0.2, 0.25) is 0 Å². The van der Waals surface area contributed by atoms with Gasteiger partial charge in [-0.1, -0.05) is 11.1 Å². The highest BCUT2D eigenvalue weighted by Gasteiger charge is 2.22. The van der Waals surface area contributed by atoms with Crippen LogP contribution in [0.2, 0.25) is 0 Å². The monoisotopic (exact) mass is 394 g/mol. The Morgan fingerprint density at radius 2 is 1.97 bits per heavy atom. The highest BCUT2D eigenvalue weighted by atomic mass is 19.2. The van der Waals surface area contributed by atoms with Gasteiger partial charge in [-0.05, 0) is 19.1 Å². The van der Waals surface area contributed by atoms with Gasteiger partial charge in [0.1, 0.15) is 5.52 Å². The highest BCUT2D eigenvalue weighted by molar-refractivity contribution is 5.76. The van der Waals surface area contributed by atoms with Gasteiger partial charge in [0.15, 0.2) is 17.3 Å². The molecule has 0 aliphatic carbocycles. The van der Waals surface area contributed by atoms with Crippen molar-refractivity contribution in [1.82, 2.24) is 29.1 Å². The van der Waals surface area contributed by atoms with E-state index < -0.39 is 22.9 Å². The van der Waals surface area contributed by atoms with Crippen molar-refractivity contribution < 1.29 is 8.78 Å². The van der Waals surface area contributed by atoms with Gasteiger partial charge < -0.3 is 0 Å². The van der Waals surface area contributed by atoms with E-state index in [1.807, 2.05) is 0 Å². The number of aromatic nitrogens is 6. The normalized spacial score (nSPS) is 11.0. The molecule has 4 aromatic rings. The van der Waals surface area contributed by atoms with Gasteiger partial charge in [0.25, 0.3) is 5.56 Å². The number of pyridine rings is 1. The molecular formula is C19H12F2N6O2. The average molecular weight is 394 g/mol. The van der Waals surface area contributed by atoms with E-state index in [0.717, 1.165) is 21.4 Å². The lowest BCUT2D eigenvalue weighted by atomic mass is 10.2. The fourth-order valence-electron chi connectivity index (χ4n) is 3.06. The van der Waals surface area contributed by atoms with Gasteiger partial charge in [-0.2, -0.15) is 0 Å². The number of hydrogen-bond donors (Lipinski definition) is 0. The van der Waals surface area contributed by atoms with Crippen LogP contribution in [-0.2, 0) is 6.54 Å². The smallest absolute Gasteiger partial charge is 0.284 e. The summed E-state index contributed by atoms with van der Waals surface area (Å²) in [4.78, 5) is 30.1. The summed E-state index contributed by atoms with van der Waals surface area (Å²) < 4.78 is 30.5. The lowest BCUT2D eigenvalue weighted by Gasteiger charge is -2.15. The SMILES string of the molecule is C#CCn1c(C)c(-n2nnc3cc(F)c(F)cc32)c(=O)n(-c2cccnc2)c1=O. The molecule has 0 unspecified atom stereocenters. The number of halogens is 2. The van der Waals surface area contributed by atoms with Crippen LogP contribution in [0.15, 0.2) is 46.2 Å². The summed E-state index contributed by atoms with van der Waals surface area (Å²) in [6.07, 6.45) is 8.22. The maximum Gasteiger partial charge on any atom is 0.336 e. The van der Waals surface area contributed by atoms with Crippen LogP contribution < -0.4 is 11.2 Å². The summed E-state index contributed by atoms with van der Waals surface area (Å²) in [5.74, 6) is 0.154. The molecule has 0 aliphatic heterocycles. The van der Waals surface area contributed by atoms with E-state index >= 15 is 0 Å². The van der Waals surface area contributed by atoms with Crippen LogP contribution in [-0.4, -0.2) is 29.1 Å². The Hall–Kier alpha value is -4.13. The van der Waals surface area contributed by atoms with Gasteiger partial charge in [0.05, 0.1) is 29.6 Å². The molecule has 0 bridgehead atoms. The van der Waals surface area contributed by atoms with E-state index in [1.165, 1.54) is 30.0 Å². The second-order valence-electron chi connectivity index (χ2n) is 6.11. The number of rotatable bonds is 3. The van der Waals surface area contributed by atoms with Crippen molar-refractivity contribution in [3.8, 4) is 23.7 Å². The number of terminal acetylenes is 1. The van der Waals surface area contributed by atoms with Crippen LogP contribution in [0.25, 0.3) is 22.4 Å². The topological polar surface area (TPSA) is 87.6 Å². The van der Waals surface area contributed by atoms with E-state index in [9.17, 15) is 18.4 Å². The van der Waals surface area contributed by atoms with E-state index in [4.69, 9.17) is 6.42 Å². The maximum absolute atomic E-state index is 13.8. The number of nitrogens with zero attached hydrogens (tertiary/aromatic N) is 6. The molecule has 8 nitrogen and oxygen atoms in total. The Kier molecular flexibility index (Phi) is 4.27. The summed E-state index contributed by atoms with van der Waals surface area (Å²) in [6.45, 7) is 1.39. The first-order chi connectivity index (χ1) is 13.9. The molecule has 3 heterocycles. The molecule has 3 aromatic heterocycles. The van der Waals surface area contributed by atoms with E-state index in [-0.39, 0.29) is 34.6 Å². The highest BCUT2D eigenvalue weighted by Crippen LogP contribution is 2.19. The van der Waals surface area contributed by atoms with Crippen LogP contribution in [0.1, 0.15) is 5.69 Å². The second kappa shape index (κ2) is 6.79. The summed E-state index contributed by atoms with van der Waals surface area (Å²) in [5, 5.41) is 7.67. The average Bonchev–Trinajstić information content (AvgIpc) is 3.09. The Balaban J connectivity index is 2.14. The lowest BCUT2D eigenvalue weighted by molar-refractivity contribution is 0.510. The summed E-state index contributed by atoms with van der Waals surface area (Å²) in [7, 11) is 0. The van der Waals surface area contributed by atoms with Crippen molar-refractivity contribution in [3.05, 3.63) is 74.8 Å². The van der Waals surface area contributed by atoms with Crippen molar-refractivity contribution in [2.75, 3.05) is 0 Å². The zero-order chi connectivity index (χ0) is 20.7. The van der Waals surface area contributed by atoms with Crippen LogP contribution in [0.4, 0.5) is 8.78 Å². The van der Waals surface area contributed by atoms with E-state index in [2.05, 4.69) is 21.2 Å². The first kappa shape index (κ1) is 18.2. The van der Waals surface area contributed by atoms with Crippen LogP contribution >= 0.6 is 0 Å². The second-order valence-corrected chi connectivity index (χ2v) is 6.11. The number of benzene rings is 1. The fourth-order valence-corrected chi connectivity index (χ4v) is 3.06. The zero-order valence-electron chi connectivity index (χ0n) is 15.0. The summed E-state index contributed by atoms with van der Waals surface area (Å²) >= 11 is 0. The molecule has 0 radical (unpaired) electrons. The molecule has 0 fully saturated rings. The van der Waals surface area contributed by atoms with Crippen molar-refractivity contribution in [2.45, 2.75) is 13.5 Å². The minimum Gasteiger partial charge on any atom is -0.284 e. The third kappa shape index (κ3) is 2.80. The summed E-state index contributed by atoms with van der Waals surface area (Å²) in [6, 6.07) is 4.86. The molecule has 0 N–H and O–H groups in total. The van der Waals surface area contributed by atoms with Gasteiger partial charge in [-0.15, -0.1) is 11.5 Å². The Morgan fingerprint density at radius 1 is 1.21 bits per heavy atom. The van der Waals surface area contributed by atoms with Crippen molar-refractivity contribution in [2.24, 2.45) is 0 Å². The predicted molar refractivity (Wildman–Crippen MR) is 100 cm³/mol. The quantitative estimate of drug-likeness (QED) is 0.490. The fraction of sp³-hybridized carbons (Fsp3) is 0.105. The molecule has 29 heavy (non-hydrogen) atoms. The van der Waals surface area contributed by atoms with E-state index in [0.29, 0.717) is 0 Å². The summed E-state index contributed by atoms with van der Waals surface area (Å²) in [5.41, 5.74) is -0.935. The van der Waals surface area contributed by atoms with Gasteiger partial charge in [0, 0.05) is 18.3 Å². The van der Waals surface area contributed by atoms with Crippen LogP contribution in [0.3, 0.4) is 0 Å². The molecular weight excluding hydrogens is 382 g/mol. The van der Waals surface area contributed by atoms with E-state index in [1.54, 1.807) is 6.07 Å². The molecule has 0 saturated heterocycles. The van der Waals surface area contributed by atoms with Crippen molar-refractivity contribution in [1.29, 1.82) is 0 Å². The molecule has 10 heteroatoms. The van der Waals surface area contributed by atoms with Crippen LogP contribution in [0.5, 0.6) is 0 Å². The van der Waals surface area contributed by atoms with Gasteiger partial charge >= 0.3 is 5.69 Å². The number of hydrogen-bond acceptors (Lipinski definition) is 5. The minimum atomic E-state index is -1.12. The Labute approximate surface area is 161 Å². The lowest BCUT2D eigenvalue weighted by Crippen LogP contribution is -2.42. The predicted octanol–water partition coefficient (Wildman–Crippen LogP) is 1.35. The molecule has 0 aliphatic rings. The van der Waals surface area contributed by atoms with Gasteiger partial charge in [-0.3, -0.25) is 14.3 Å².